The molecule has 1 fully saturated rings. The number of carbonyl (C=O) groups excluding carboxylic acids is 1. The fraction of sp³-hybridized carbons (Fsp3) is 0.333. The van der Waals surface area contributed by atoms with Crippen LogP contribution >= 0.6 is 34.8 Å². The van der Waals surface area contributed by atoms with Gasteiger partial charge in [-0.3, -0.25) is 9.80 Å². The maximum Gasteiger partial charge on any atom is 0.322 e. The first-order valence-corrected chi connectivity index (χ1v) is 14.3. The van der Waals surface area contributed by atoms with Crippen molar-refractivity contribution in [1.29, 1.82) is 0 Å². The van der Waals surface area contributed by atoms with Crippen molar-refractivity contribution in [3.63, 3.8) is 0 Å². The highest BCUT2D eigenvalue weighted by Gasteiger charge is 2.48. The van der Waals surface area contributed by atoms with Gasteiger partial charge in [-0.25, -0.2) is 14.2 Å². The van der Waals surface area contributed by atoms with Gasteiger partial charge in [0, 0.05) is 41.8 Å². The van der Waals surface area contributed by atoms with Gasteiger partial charge < -0.3 is 5.32 Å². The van der Waals surface area contributed by atoms with Crippen LogP contribution in [0.15, 0.2) is 60.8 Å². The highest BCUT2D eigenvalue weighted by Crippen LogP contribution is 2.50. The molecule has 1 spiro atoms. The number of amides is 2. The lowest BCUT2D eigenvalue weighted by Gasteiger charge is -2.39. The van der Waals surface area contributed by atoms with Crippen LogP contribution in [-0.4, -0.2) is 42.1 Å². The Labute approximate surface area is 244 Å². The van der Waals surface area contributed by atoms with E-state index in [1.165, 1.54) is 6.07 Å². The summed E-state index contributed by atoms with van der Waals surface area (Å²) in [6, 6.07) is 14.0. The van der Waals surface area contributed by atoms with Crippen molar-refractivity contribution in [2.24, 2.45) is 0 Å². The quantitative estimate of drug-likeness (QED) is 0.307. The minimum Gasteiger partial charge on any atom is -0.334 e. The van der Waals surface area contributed by atoms with Gasteiger partial charge in [-0.2, -0.15) is 0 Å². The van der Waals surface area contributed by atoms with E-state index < -0.39 is 5.82 Å². The molecule has 39 heavy (non-hydrogen) atoms. The predicted molar refractivity (Wildman–Crippen MR) is 159 cm³/mol. The normalized spacial score (nSPS) is 16.2. The summed E-state index contributed by atoms with van der Waals surface area (Å²) in [5.41, 5.74) is 2.97. The number of hydrogen-bond donors (Lipinski definition) is 1. The van der Waals surface area contributed by atoms with Crippen LogP contribution in [0.3, 0.4) is 0 Å². The molecular formula is C30H32Cl3FN4O. The summed E-state index contributed by atoms with van der Waals surface area (Å²) in [4.78, 5) is 21.3. The van der Waals surface area contributed by atoms with E-state index in [-0.39, 0.29) is 16.5 Å². The number of nitrogens with one attached hydrogen (secondary N) is 1. The summed E-state index contributed by atoms with van der Waals surface area (Å²) in [7, 11) is 0. The number of urea groups is 1. The molecule has 5 nitrogen and oxygen atoms in total. The molecule has 2 aliphatic heterocycles. The van der Waals surface area contributed by atoms with Crippen LogP contribution in [-0.2, 0) is 12.0 Å². The fourth-order valence-electron chi connectivity index (χ4n) is 5.23. The van der Waals surface area contributed by atoms with Crippen LogP contribution in [0.2, 0.25) is 15.2 Å². The van der Waals surface area contributed by atoms with Gasteiger partial charge in [0.2, 0.25) is 0 Å². The molecule has 2 amide bonds. The van der Waals surface area contributed by atoms with Crippen molar-refractivity contribution in [3.8, 4) is 0 Å². The van der Waals surface area contributed by atoms with E-state index in [1.807, 2.05) is 38.1 Å². The van der Waals surface area contributed by atoms with Gasteiger partial charge in [-0.1, -0.05) is 72.9 Å². The minimum absolute atomic E-state index is 0.116. The number of hydrogen-bond acceptors (Lipinski definition) is 3. The zero-order chi connectivity index (χ0) is 28.0. The minimum atomic E-state index is -0.457. The summed E-state index contributed by atoms with van der Waals surface area (Å²) in [5.74, 6) is -0.457. The molecule has 1 aromatic heterocycles. The molecule has 0 unspecified atom stereocenters. The lowest BCUT2D eigenvalue weighted by molar-refractivity contribution is 0.180. The lowest BCUT2D eigenvalue weighted by atomic mass is 9.74. The Morgan fingerprint density at radius 3 is 2.49 bits per heavy atom. The topological polar surface area (TPSA) is 48.5 Å². The SMILES string of the molecule is CC.O=C(NCc1ccnc(Cl)c1)N1CC2(CCN(C/C=C/c3ccc(Cl)cc3)CC2)c2c1ccc(F)c2Cl. The molecule has 3 heterocycles. The number of halogens is 4. The van der Waals surface area contributed by atoms with Crippen molar-refractivity contribution in [1.82, 2.24) is 15.2 Å². The molecule has 1 saturated heterocycles. The molecule has 0 radical (unpaired) electrons. The summed E-state index contributed by atoms with van der Waals surface area (Å²) in [6.45, 7) is 7.22. The molecule has 0 saturated carbocycles. The monoisotopic (exact) mass is 588 g/mol. The fourth-order valence-corrected chi connectivity index (χ4v) is 5.91. The molecule has 1 N–H and O–H groups in total. The van der Waals surface area contributed by atoms with E-state index in [1.54, 1.807) is 29.3 Å². The number of nitrogens with zero attached hydrogens (tertiary/aromatic N) is 3. The lowest BCUT2D eigenvalue weighted by Crippen LogP contribution is -2.47. The second kappa shape index (κ2) is 13.1. The van der Waals surface area contributed by atoms with Crippen molar-refractivity contribution in [2.45, 2.75) is 38.6 Å². The first-order chi connectivity index (χ1) is 18.8. The number of likely N-dealkylation sites (tertiary alicyclic amines) is 1. The van der Waals surface area contributed by atoms with Gasteiger partial charge in [0.1, 0.15) is 11.0 Å². The number of fused-ring (bicyclic) bond motifs is 2. The largest absolute Gasteiger partial charge is 0.334 e. The maximum absolute atomic E-state index is 14.6. The molecule has 0 atom stereocenters. The van der Waals surface area contributed by atoms with E-state index in [0.717, 1.165) is 54.2 Å². The molecular weight excluding hydrogens is 558 g/mol. The van der Waals surface area contributed by atoms with Gasteiger partial charge in [0.15, 0.2) is 0 Å². The van der Waals surface area contributed by atoms with Gasteiger partial charge in [-0.05, 0) is 73.5 Å². The highest BCUT2D eigenvalue weighted by atomic mass is 35.5. The van der Waals surface area contributed by atoms with E-state index >= 15 is 0 Å². The van der Waals surface area contributed by atoms with Gasteiger partial charge in [-0.15, -0.1) is 0 Å². The molecule has 5 rings (SSSR count). The van der Waals surface area contributed by atoms with E-state index in [9.17, 15) is 9.18 Å². The number of anilines is 1. The Morgan fingerprint density at radius 2 is 1.79 bits per heavy atom. The second-order valence-electron chi connectivity index (χ2n) is 9.52. The average Bonchev–Trinajstić information content (AvgIpc) is 3.27. The summed E-state index contributed by atoms with van der Waals surface area (Å²) >= 11 is 18.5. The Hall–Kier alpha value is -2.64. The Morgan fingerprint density at radius 1 is 1.08 bits per heavy atom. The standard InChI is InChI=1S/C28H26Cl3FN4O.C2H6/c29-21-5-3-19(4-6-21)2-1-13-35-14-10-28(11-15-35)18-36(23-8-7-22(32)26(31)25(23)28)27(37)34-17-20-9-12-33-24(30)16-20;1-2/h1-9,12,16H,10-11,13-15,17-18H2,(H,34,37);1-2H3/b2-1+;. The van der Waals surface area contributed by atoms with E-state index in [0.29, 0.717) is 23.9 Å². The smallest absolute Gasteiger partial charge is 0.322 e. The zero-order valence-corrected chi connectivity index (χ0v) is 24.3. The van der Waals surface area contributed by atoms with Crippen LogP contribution in [0.25, 0.3) is 6.08 Å². The van der Waals surface area contributed by atoms with E-state index in [2.05, 4.69) is 27.4 Å². The molecule has 2 aromatic carbocycles. The highest BCUT2D eigenvalue weighted by molar-refractivity contribution is 6.32. The van der Waals surface area contributed by atoms with Crippen LogP contribution in [0.4, 0.5) is 14.9 Å². The molecule has 0 aliphatic carbocycles. The van der Waals surface area contributed by atoms with Gasteiger partial charge in [0.25, 0.3) is 0 Å². The van der Waals surface area contributed by atoms with Crippen LogP contribution in [0.1, 0.15) is 43.4 Å². The third-order valence-corrected chi connectivity index (χ3v) is 8.02. The first-order valence-electron chi connectivity index (χ1n) is 13.1. The first kappa shape index (κ1) is 29.3. The Bertz CT molecular complexity index is 1320. The zero-order valence-electron chi connectivity index (χ0n) is 22.1. The van der Waals surface area contributed by atoms with E-state index in [4.69, 9.17) is 34.8 Å². The average molecular weight is 590 g/mol. The van der Waals surface area contributed by atoms with Crippen molar-refractivity contribution in [2.75, 3.05) is 31.1 Å². The molecule has 0 bridgehead atoms. The molecule has 9 heteroatoms. The number of benzene rings is 2. The molecule has 206 valence electrons. The molecule has 3 aromatic rings. The third-order valence-electron chi connectivity index (χ3n) is 7.19. The van der Waals surface area contributed by atoms with Gasteiger partial charge >= 0.3 is 6.03 Å². The summed E-state index contributed by atoms with van der Waals surface area (Å²) < 4.78 is 14.6. The second-order valence-corrected chi connectivity index (χ2v) is 10.7. The Balaban J connectivity index is 0.00000172. The van der Waals surface area contributed by atoms with Crippen molar-refractivity contribution >= 4 is 52.6 Å². The predicted octanol–water partition coefficient (Wildman–Crippen LogP) is 7.98. The number of aromatic nitrogens is 1. The van der Waals surface area contributed by atoms with Crippen LogP contribution in [0, 0.1) is 5.82 Å². The number of rotatable bonds is 5. The third kappa shape index (κ3) is 6.75. The van der Waals surface area contributed by atoms with Crippen molar-refractivity contribution in [3.05, 3.63) is 98.5 Å². The number of pyridine rings is 1. The van der Waals surface area contributed by atoms with Crippen LogP contribution in [0.5, 0.6) is 0 Å². The summed E-state index contributed by atoms with van der Waals surface area (Å²) in [5, 5.41) is 4.16. The Kier molecular flexibility index (Phi) is 9.89. The van der Waals surface area contributed by atoms with Crippen LogP contribution < -0.4 is 10.2 Å². The van der Waals surface area contributed by atoms with Gasteiger partial charge in [0.05, 0.1) is 10.7 Å². The number of piperidine rings is 1. The molecule has 2 aliphatic rings. The summed E-state index contributed by atoms with van der Waals surface area (Å²) in [6.07, 6.45) is 7.38. The number of carbonyl (C=O) groups is 1. The maximum atomic E-state index is 14.6. The van der Waals surface area contributed by atoms with Crippen molar-refractivity contribution < 1.29 is 9.18 Å².